The van der Waals surface area contributed by atoms with Crippen molar-refractivity contribution in [1.82, 2.24) is 0 Å². The molecule has 0 atom stereocenters. The highest BCUT2D eigenvalue weighted by Crippen LogP contribution is 2.20. The smallest absolute Gasteiger partial charge is 0.270 e. The molecule has 0 bridgehead atoms. The number of nitro benzene ring substituents is 1. The molecule has 0 saturated heterocycles. The Bertz CT molecular complexity index is 486. The van der Waals surface area contributed by atoms with Crippen LogP contribution in [0.5, 0.6) is 0 Å². The van der Waals surface area contributed by atoms with Gasteiger partial charge < -0.3 is 5.73 Å². The number of rotatable bonds is 3. The monoisotopic (exact) mass is 217 g/mol. The summed E-state index contributed by atoms with van der Waals surface area (Å²) in [5.74, 6) is 0. The van der Waals surface area contributed by atoms with Gasteiger partial charge in [-0.05, 0) is 6.42 Å². The number of nitrogens with zero attached hydrogens (tertiary/aromatic N) is 2. The van der Waals surface area contributed by atoms with Crippen molar-refractivity contribution in [3.8, 4) is 6.07 Å². The zero-order valence-corrected chi connectivity index (χ0v) is 8.80. The van der Waals surface area contributed by atoms with Gasteiger partial charge in [-0.2, -0.15) is 5.26 Å². The molecule has 5 heteroatoms. The molecule has 0 spiro atoms. The van der Waals surface area contributed by atoms with Crippen LogP contribution < -0.4 is 5.73 Å². The van der Waals surface area contributed by atoms with Crippen LogP contribution in [0.1, 0.15) is 18.9 Å². The van der Waals surface area contributed by atoms with Gasteiger partial charge in [0, 0.05) is 17.7 Å². The van der Waals surface area contributed by atoms with E-state index in [0.29, 0.717) is 23.3 Å². The summed E-state index contributed by atoms with van der Waals surface area (Å²) in [7, 11) is 0. The van der Waals surface area contributed by atoms with Crippen molar-refractivity contribution in [2.75, 3.05) is 0 Å². The molecule has 0 aromatic heterocycles. The van der Waals surface area contributed by atoms with E-state index in [-0.39, 0.29) is 5.69 Å². The maximum Gasteiger partial charge on any atom is 0.270 e. The van der Waals surface area contributed by atoms with Crippen LogP contribution >= 0.6 is 0 Å². The fraction of sp³-hybridized carbons (Fsp3) is 0.182. The minimum absolute atomic E-state index is 0.0335. The molecule has 0 aliphatic heterocycles. The Kier molecular flexibility index (Phi) is 3.62. The molecule has 1 aromatic carbocycles. The van der Waals surface area contributed by atoms with Crippen LogP contribution in [-0.4, -0.2) is 4.92 Å². The molecule has 2 N–H and O–H groups in total. The topological polar surface area (TPSA) is 93.0 Å². The van der Waals surface area contributed by atoms with E-state index in [0.717, 1.165) is 0 Å². The summed E-state index contributed by atoms with van der Waals surface area (Å²) in [5, 5.41) is 19.4. The Morgan fingerprint density at radius 2 is 2.31 bits per heavy atom. The normalized spacial score (nSPS) is 11.5. The molecular formula is C11H11N3O2. The second-order valence-electron chi connectivity index (χ2n) is 3.17. The van der Waals surface area contributed by atoms with E-state index in [9.17, 15) is 10.1 Å². The van der Waals surface area contributed by atoms with E-state index in [1.54, 1.807) is 12.1 Å². The number of nitrogens with two attached hydrogens (primary N) is 1. The van der Waals surface area contributed by atoms with Crippen molar-refractivity contribution in [2.45, 2.75) is 13.3 Å². The molecule has 82 valence electrons. The first-order chi connectivity index (χ1) is 7.60. The lowest BCUT2D eigenvalue weighted by molar-refractivity contribution is -0.384. The van der Waals surface area contributed by atoms with Gasteiger partial charge in [0.15, 0.2) is 0 Å². The average molecular weight is 217 g/mol. The zero-order chi connectivity index (χ0) is 12.1. The summed E-state index contributed by atoms with van der Waals surface area (Å²) in [4.78, 5) is 10.1. The van der Waals surface area contributed by atoms with Crippen LogP contribution in [-0.2, 0) is 0 Å². The van der Waals surface area contributed by atoms with Crippen molar-refractivity contribution < 1.29 is 4.92 Å². The Morgan fingerprint density at radius 3 is 2.81 bits per heavy atom. The van der Waals surface area contributed by atoms with Crippen LogP contribution in [0.25, 0.3) is 5.70 Å². The lowest BCUT2D eigenvalue weighted by Gasteiger charge is -2.03. The van der Waals surface area contributed by atoms with Gasteiger partial charge in [-0.1, -0.05) is 19.1 Å². The molecule has 0 radical (unpaired) electrons. The average Bonchev–Trinajstić information content (AvgIpc) is 2.30. The SMILES string of the molecule is CC/C(C#N)=C(/N)c1cccc([N+](=O)[O-])c1. The maximum absolute atomic E-state index is 10.6. The molecule has 1 rings (SSSR count). The standard InChI is InChI=1S/C11H11N3O2/c1-2-8(7-12)11(13)9-4-3-5-10(6-9)14(15)16/h3-6H,2,13H2,1H3/b11-8-. The molecule has 0 heterocycles. The number of allylic oxidation sites excluding steroid dienone is 1. The van der Waals surface area contributed by atoms with E-state index in [4.69, 9.17) is 11.0 Å². The Hall–Kier alpha value is -2.35. The Labute approximate surface area is 93.0 Å². The number of hydrogen-bond donors (Lipinski definition) is 1. The number of hydrogen-bond acceptors (Lipinski definition) is 4. The first-order valence-electron chi connectivity index (χ1n) is 4.73. The highest BCUT2D eigenvalue weighted by atomic mass is 16.6. The maximum atomic E-state index is 10.6. The van der Waals surface area contributed by atoms with Gasteiger partial charge in [-0.15, -0.1) is 0 Å². The quantitative estimate of drug-likeness (QED) is 0.477. The summed E-state index contributed by atoms with van der Waals surface area (Å²) in [6.45, 7) is 1.81. The minimum Gasteiger partial charge on any atom is -0.397 e. The molecule has 0 amide bonds. The van der Waals surface area contributed by atoms with E-state index < -0.39 is 4.92 Å². The molecule has 0 unspecified atom stereocenters. The third kappa shape index (κ3) is 2.36. The number of nitriles is 1. The number of benzene rings is 1. The molecule has 0 saturated carbocycles. The Morgan fingerprint density at radius 1 is 1.62 bits per heavy atom. The predicted molar refractivity (Wildman–Crippen MR) is 60.1 cm³/mol. The number of nitro groups is 1. The first kappa shape index (κ1) is 11.7. The molecular weight excluding hydrogens is 206 g/mol. The fourth-order valence-electron chi connectivity index (χ4n) is 1.29. The van der Waals surface area contributed by atoms with Gasteiger partial charge in [0.2, 0.25) is 0 Å². The first-order valence-corrected chi connectivity index (χ1v) is 4.73. The highest BCUT2D eigenvalue weighted by Gasteiger charge is 2.09. The summed E-state index contributed by atoms with van der Waals surface area (Å²) < 4.78 is 0. The van der Waals surface area contributed by atoms with E-state index in [1.807, 2.05) is 13.0 Å². The van der Waals surface area contributed by atoms with Gasteiger partial charge in [0.1, 0.15) is 0 Å². The van der Waals surface area contributed by atoms with Gasteiger partial charge in [-0.3, -0.25) is 10.1 Å². The third-order valence-corrected chi connectivity index (χ3v) is 2.18. The molecule has 0 aliphatic carbocycles. The van der Waals surface area contributed by atoms with E-state index in [2.05, 4.69) is 0 Å². The number of non-ortho nitro benzene ring substituents is 1. The second kappa shape index (κ2) is 4.94. The van der Waals surface area contributed by atoms with Crippen molar-refractivity contribution in [3.63, 3.8) is 0 Å². The van der Waals surface area contributed by atoms with Gasteiger partial charge in [0.25, 0.3) is 5.69 Å². The van der Waals surface area contributed by atoms with E-state index in [1.165, 1.54) is 12.1 Å². The summed E-state index contributed by atoms with van der Waals surface area (Å²) >= 11 is 0. The van der Waals surface area contributed by atoms with Crippen molar-refractivity contribution in [3.05, 3.63) is 45.5 Å². The minimum atomic E-state index is -0.491. The van der Waals surface area contributed by atoms with Crippen LogP contribution in [0.2, 0.25) is 0 Å². The van der Waals surface area contributed by atoms with Gasteiger partial charge >= 0.3 is 0 Å². The Balaban J connectivity index is 3.25. The van der Waals surface area contributed by atoms with Crippen LogP contribution in [0.3, 0.4) is 0 Å². The van der Waals surface area contributed by atoms with Crippen molar-refractivity contribution >= 4 is 11.4 Å². The van der Waals surface area contributed by atoms with Crippen molar-refractivity contribution in [2.24, 2.45) is 5.73 Å². The third-order valence-electron chi connectivity index (χ3n) is 2.18. The molecule has 16 heavy (non-hydrogen) atoms. The van der Waals surface area contributed by atoms with E-state index >= 15 is 0 Å². The molecule has 5 nitrogen and oxygen atoms in total. The summed E-state index contributed by atoms with van der Waals surface area (Å²) in [6, 6.07) is 7.93. The summed E-state index contributed by atoms with van der Waals surface area (Å²) in [5.41, 5.74) is 6.97. The molecule has 0 fully saturated rings. The second-order valence-corrected chi connectivity index (χ2v) is 3.17. The van der Waals surface area contributed by atoms with Crippen LogP contribution in [0.4, 0.5) is 5.69 Å². The summed E-state index contributed by atoms with van der Waals surface area (Å²) in [6.07, 6.45) is 0.505. The zero-order valence-electron chi connectivity index (χ0n) is 8.80. The lowest BCUT2D eigenvalue weighted by Crippen LogP contribution is -2.01. The highest BCUT2D eigenvalue weighted by molar-refractivity contribution is 5.70. The predicted octanol–water partition coefficient (Wildman–Crippen LogP) is 2.20. The lowest BCUT2D eigenvalue weighted by atomic mass is 10.1. The molecule has 1 aromatic rings. The van der Waals surface area contributed by atoms with Crippen molar-refractivity contribution in [1.29, 1.82) is 5.26 Å². The van der Waals surface area contributed by atoms with Crippen LogP contribution in [0.15, 0.2) is 29.8 Å². The van der Waals surface area contributed by atoms with Gasteiger partial charge in [0.05, 0.1) is 22.3 Å². The van der Waals surface area contributed by atoms with Crippen LogP contribution in [0, 0.1) is 21.4 Å². The van der Waals surface area contributed by atoms with Gasteiger partial charge in [-0.25, -0.2) is 0 Å². The fourth-order valence-corrected chi connectivity index (χ4v) is 1.29. The largest absolute Gasteiger partial charge is 0.397 e. The molecule has 0 aliphatic rings.